The third kappa shape index (κ3) is 5.76. The van der Waals surface area contributed by atoms with Crippen LogP contribution in [0.25, 0.3) is 0 Å². The third-order valence-corrected chi connectivity index (χ3v) is 3.40. The topological polar surface area (TPSA) is 46.5 Å². The Balaban J connectivity index is 3.79. The Hall–Kier alpha value is 0.150. The molecule has 0 bridgehead atoms. The van der Waals surface area contributed by atoms with Crippen molar-refractivity contribution < 1.29 is 14.0 Å². The summed E-state index contributed by atoms with van der Waals surface area (Å²) >= 11 is 0. The van der Waals surface area contributed by atoms with Crippen molar-refractivity contribution in [3.63, 3.8) is 0 Å². The summed E-state index contributed by atoms with van der Waals surface area (Å²) in [6, 6.07) is 0. The Morgan fingerprint density at radius 2 is 2.08 bits per heavy atom. The lowest BCUT2D eigenvalue weighted by Crippen LogP contribution is -2.04. The van der Waals surface area contributed by atoms with Gasteiger partial charge in [-0.3, -0.25) is 4.57 Å². The van der Waals surface area contributed by atoms with E-state index in [9.17, 15) is 9.46 Å². The van der Waals surface area contributed by atoms with Crippen LogP contribution in [0.1, 0.15) is 33.6 Å². The first-order valence-corrected chi connectivity index (χ1v) is 6.24. The second-order valence-corrected chi connectivity index (χ2v) is 5.03. The van der Waals surface area contributed by atoms with Crippen LogP contribution in [0, 0.1) is 5.92 Å². The second-order valence-electron chi connectivity index (χ2n) is 3.13. The van der Waals surface area contributed by atoms with E-state index in [4.69, 9.17) is 4.52 Å². The monoisotopic (exact) mass is 194 g/mol. The minimum absolute atomic E-state index is 0.275. The Morgan fingerprint density at radius 1 is 1.50 bits per heavy atom. The number of rotatable bonds is 6. The number of hydrogen-bond acceptors (Lipinski definition) is 2. The largest absolute Gasteiger partial charge is 0.328 e. The maximum Gasteiger partial charge on any atom is 0.328 e. The second kappa shape index (κ2) is 5.74. The molecule has 2 atom stereocenters. The molecule has 74 valence electrons. The fourth-order valence-electron chi connectivity index (χ4n) is 1.23. The van der Waals surface area contributed by atoms with Crippen LogP contribution in [0.5, 0.6) is 0 Å². The predicted octanol–water partition coefficient (Wildman–Crippen LogP) is 2.64. The smallest absolute Gasteiger partial charge is 0.324 e. The molecule has 2 unspecified atom stereocenters. The van der Waals surface area contributed by atoms with E-state index in [0.717, 1.165) is 12.8 Å². The van der Waals surface area contributed by atoms with Gasteiger partial charge in [0.25, 0.3) is 0 Å². The van der Waals surface area contributed by atoms with Crippen LogP contribution in [-0.2, 0) is 9.09 Å². The molecule has 0 fully saturated rings. The number of hydrogen-bond donors (Lipinski definition) is 1. The lowest BCUT2D eigenvalue weighted by Gasteiger charge is -2.15. The van der Waals surface area contributed by atoms with Crippen molar-refractivity contribution in [2.75, 3.05) is 12.8 Å². The molecule has 0 spiro atoms. The molecule has 0 aromatic heterocycles. The zero-order valence-electron chi connectivity index (χ0n) is 8.12. The van der Waals surface area contributed by atoms with Gasteiger partial charge < -0.3 is 9.42 Å². The van der Waals surface area contributed by atoms with Gasteiger partial charge in [0.15, 0.2) is 0 Å². The molecule has 0 aliphatic rings. The van der Waals surface area contributed by atoms with Crippen molar-refractivity contribution >= 4 is 7.60 Å². The van der Waals surface area contributed by atoms with Crippen LogP contribution in [0.4, 0.5) is 0 Å². The van der Waals surface area contributed by atoms with Gasteiger partial charge in [-0.15, -0.1) is 0 Å². The van der Waals surface area contributed by atoms with Crippen LogP contribution in [0.3, 0.4) is 0 Å². The average molecular weight is 194 g/mol. The molecule has 0 aliphatic carbocycles. The molecular formula is C8H19O3P. The molecule has 0 aromatic rings. The van der Waals surface area contributed by atoms with Crippen LogP contribution in [0.2, 0.25) is 0 Å². The van der Waals surface area contributed by atoms with Gasteiger partial charge in [0.2, 0.25) is 0 Å². The zero-order valence-corrected chi connectivity index (χ0v) is 9.01. The lowest BCUT2D eigenvalue weighted by atomic mass is 10.1. The van der Waals surface area contributed by atoms with Crippen molar-refractivity contribution in [2.45, 2.75) is 33.6 Å². The molecule has 1 N–H and O–H groups in total. The Labute approximate surface area is 74.7 Å². The van der Waals surface area contributed by atoms with Crippen molar-refractivity contribution in [2.24, 2.45) is 5.92 Å². The first-order chi connectivity index (χ1) is 5.52. The average Bonchev–Trinajstić information content (AvgIpc) is 1.85. The van der Waals surface area contributed by atoms with Crippen LogP contribution in [0.15, 0.2) is 0 Å². The lowest BCUT2D eigenvalue weighted by molar-refractivity contribution is 0.268. The minimum Gasteiger partial charge on any atom is -0.324 e. The summed E-state index contributed by atoms with van der Waals surface area (Å²) in [7, 11) is -3.28. The van der Waals surface area contributed by atoms with Crippen molar-refractivity contribution in [3.05, 3.63) is 0 Å². The highest BCUT2D eigenvalue weighted by Crippen LogP contribution is 2.44. The van der Waals surface area contributed by atoms with Crippen molar-refractivity contribution in [1.29, 1.82) is 0 Å². The first-order valence-electron chi connectivity index (χ1n) is 4.48. The molecule has 0 aliphatic heterocycles. The van der Waals surface area contributed by atoms with E-state index in [1.54, 1.807) is 6.92 Å². The van der Waals surface area contributed by atoms with E-state index >= 15 is 0 Å². The highest BCUT2D eigenvalue weighted by Gasteiger charge is 2.21. The van der Waals surface area contributed by atoms with E-state index in [1.807, 2.05) is 6.92 Å². The van der Waals surface area contributed by atoms with Gasteiger partial charge in [-0.05, 0) is 12.8 Å². The molecule has 0 aromatic carbocycles. The summed E-state index contributed by atoms with van der Waals surface area (Å²) in [4.78, 5) is 9.24. The summed E-state index contributed by atoms with van der Waals surface area (Å²) in [6.45, 7) is 6.09. The van der Waals surface area contributed by atoms with Crippen molar-refractivity contribution in [1.82, 2.24) is 0 Å². The van der Waals surface area contributed by atoms with Gasteiger partial charge in [0, 0.05) is 0 Å². The summed E-state index contributed by atoms with van der Waals surface area (Å²) in [6.07, 6.45) is 2.32. The van der Waals surface area contributed by atoms with Gasteiger partial charge in [-0.1, -0.05) is 26.7 Å². The molecule has 0 heterocycles. The van der Waals surface area contributed by atoms with Gasteiger partial charge in [-0.25, -0.2) is 0 Å². The quantitative estimate of drug-likeness (QED) is 0.661. The molecule has 0 saturated carbocycles. The SMILES string of the molecule is CCCC(C)CP(=O)(O)OCC. The normalized spacial score (nSPS) is 18.7. The minimum atomic E-state index is -3.28. The van der Waals surface area contributed by atoms with E-state index < -0.39 is 7.60 Å². The molecule has 0 rings (SSSR count). The molecule has 4 heteroatoms. The van der Waals surface area contributed by atoms with Gasteiger partial charge in [0.05, 0.1) is 12.8 Å². The molecular weight excluding hydrogens is 175 g/mol. The van der Waals surface area contributed by atoms with Crippen LogP contribution in [-0.4, -0.2) is 17.7 Å². The fourth-order valence-corrected chi connectivity index (χ4v) is 2.71. The summed E-state index contributed by atoms with van der Waals surface area (Å²) in [5.74, 6) is 0.275. The van der Waals surface area contributed by atoms with Crippen LogP contribution >= 0.6 is 7.60 Å². The first kappa shape index (κ1) is 12.2. The van der Waals surface area contributed by atoms with E-state index in [1.165, 1.54) is 0 Å². The summed E-state index contributed by atoms with van der Waals surface area (Å²) in [5, 5.41) is 0. The Morgan fingerprint density at radius 3 is 2.50 bits per heavy atom. The highest BCUT2D eigenvalue weighted by atomic mass is 31.2. The fraction of sp³-hybridized carbons (Fsp3) is 1.00. The molecule has 12 heavy (non-hydrogen) atoms. The van der Waals surface area contributed by atoms with E-state index in [0.29, 0.717) is 6.61 Å². The summed E-state index contributed by atoms with van der Waals surface area (Å²) < 4.78 is 16.0. The zero-order chi connectivity index (χ0) is 9.61. The van der Waals surface area contributed by atoms with Crippen molar-refractivity contribution in [3.8, 4) is 0 Å². The maximum absolute atomic E-state index is 11.2. The van der Waals surface area contributed by atoms with Gasteiger partial charge in [0.1, 0.15) is 0 Å². The Kier molecular flexibility index (Phi) is 5.81. The molecule has 0 saturated heterocycles. The summed E-state index contributed by atoms with van der Waals surface area (Å²) in [5.41, 5.74) is 0. The molecule has 0 amide bonds. The van der Waals surface area contributed by atoms with Gasteiger partial charge in [-0.2, -0.15) is 0 Å². The molecule has 0 radical (unpaired) electrons. The molecule has 3 nitrogen and oxygen atoms in total. The van der Waals surface area contributed by atoms with Crippen LogP contribution < -0.4 is 0 Å². The third-order valence-electron chi connectivity index (χ3n) is 1.65. The van der Waals surface area contributed by atoms with E-state index in [2.05, 4.69) is 6.92 Å². The standard InChI is InChI=1S/C8H19O3P/c1-4-6-8(3)7-12(9,10)11-5-2/h8H,4-7H2,1-3H3,(H,9,10). The van der Waals surface area contributed by atoms with Gasteiger partial charge >= 0.3 is 7.60 Å². The van der Waals surface area contributed by atoms with E-state index in [-0.39, 0.29) is 12.1 Å². The maximum atomic E-state index is 11.2. The highest BCUT2D eigenvalue weighted by molar-refractivity contribution is 7.52. The predicted molar refractivity (Wildman–Crippen MR) is 50.4 cm³/mol. The Bertz CT molecular complexity index is 158.